The van der Waals surface area contributed by atoms with Gasteiger partial charge in [0.2, 0.25) is 5.92 Å². The number of hydrogen-bond acceptors (Lipinski definition) is 3. The monoisotopic (exact) mass is 415 g/mol. The van der Waals surface area contributed by atoms with Gasteiger partial charge in [-0.25, -0.2) is 13.6 Å². The van der Waals surface area contributed by atoms with Crippen molar-refractivity contribution in [3.05, 3.63) is 59.7 Å². The highest BCUT2D eigenvalue weighted by molar-refractivity contribution is 5.79. The van der Waals surface area contributed by atoms with E-state index in [0.29, 0.717) is 0 Å². The molecule has 0 heterocycles. The summed E-state index contributed by atoms with van der Waals surface area (Å²) in [4.78, 5) is 24.0. The average molecular weight is 415 g/mol. The van der Waals surface area contributed by atoms with E-state index in [1.807, 2.05) is 48.5 Å². The molecule has 2 aliphatic rings. The van der Waals surface area contributed by atoms with E-state index in [-0.39, 0.29) is 31.9 Å². The first-order chi connectivity index (χ1) is 14.3. The van der Waals surface area contributed by atoms with Crippen molar-refractivity contribution in [2.24, 2.45) is 5.41 Å². The minimum Gasteiger partial charge on any atom is -0.481 e. The van der Waals surface area contributed by atoms with Crippen molar-refractivity contribution >= 4 is 12.1 Å². The van der Waals surface area contributed by atoms with E-state index in [1.165, 1.54) is 0 Å². The quantitative estimate of drug-likeness (QED) is 0.735. The SMILES string of the molecule is O=C(NCC1(C(=O)O)CCC(F)(F)CC1)OCC1c2ccccc2-c2ccccc21. The number of hydrogen-bond donors (Lipinski definition) is 2. The van der Waals surface area contributed by atoms with Gasteiger partial charge in [0.25, 0.3) is 0 Å². The van der Waals surface area contributed by atoms with Crippen LogP contribution in [0.15, 0.2) is 48.5 Å². The Morgan fingerprint density at radius 3 is 2.03 bits per heavy atom. The molecular weight excluding hydrogens is 392 g/mol. The van der Waals surface area contributed by atoms with Gasteiger partial charge in [-0.1, -0.05) is 48.5 Å². The Morgan fingerprint density at radius 1 is 0.967 bits per heavy atom. The molecule has 2 aliphatic carbocycles. The minimum absolute atomic E-state index is 0.107. The summed E-state index contributed by atoms with van der Waals surface area (Å²) in [6.07, 6.45) is -2.09. The fourth-order valence-corrected chi connectivity index (χ4v) is 4.45. The third-order valence-electron chi connectivity index (χ3n) is 6.31. The number of ether oxygens (including phenoxy) is 1. The van der Waals surface area contributed by atoms with Crippen LogP contribution < -0.4 is 5.32 Å². The maximum absolute atomic E-state index is 13.4. The van der Waals surface area contributed by atoms with E-state index in [0.717, 1.165) is 22.3 Å². The molecule has 2 N–H and O–H groups in total. The number of carboxylic acids is 1. The molecule has 0 aromatic heterocycles. The molecule has 1 saturated carbocycles. The minimum atomic E-state index is -2.84. The Labute approximate surface area is 173 Å². The fourth-order valence-electron chi connectivity index (χ4n) is 4.45. The summed E-state index contributed by atoms with van der Waals surface area (Å²) < 4.78 is 32.3. The van der Waals surface area contributed by atoms with E-state index < -0.39 is 36.2 Å². The second-order valence-corrected chi connectivity index (χ2v) is 8.12. The van der Waals surface area contributed by atoms with Crippen LogP contribution in [0.4, 0.5) is 13.6 Å². The van der Waals surface area contributed by atoms with Crippen molar-refractivity contribution in [1.29, 1.82) is 0 Å². The molecule has 158 valence electrons. The number of rotatable bonds is 5. The molecule has 2 aromatic carbocycles. The highest BCUT2D eigenvalue weighted by Crippen LogP contribution is 2.45. The third kappa shape index (κ3) is 3.76. The van der Waals surface area contributed by atoms with Crippen LogP contribution in [0.2, 0.25) is 0 Å². The predicted molar refractivity (Wildman–Crippen MR) is 107 cm³/mol. The van der Waals surface area contributed by atoms with Crippen molar-refractivity contribution < 1.29 is 28.2 Å². The smallest absolute Gasteiger partial charge is 0.407 e. The van der Waals surface area contributed by atoms with Crippen molar-refractivity contribution in [3.63, 3.8) is 0 Å². The van der Waals surface area contributed by atoms with Gasteiger partial charge < -0.3 is 15.2 Å². The first-order valence-electron chi connectivity index (χ1n) is 10.0. The van der Waals surface area contributed by atoms with Gasteiger partial charge in [0.05, 0.1) is 5.41 Å². The summed E-state index contributed by atoms with van der Waals surface area (Å²) in [5, 5.41) is 12.0. The highest BCUT2D eigenvalue weighted by Gasteiger charge is 2.48. The second kappa shape index (κ2) is 7.70. The first kappa shape index (κ1) is 20.3. The fraction of sp³-hybridized carbons (Fsp3) is 0.391. The molecule has 1 amide bonds. The van der Waals surface area contributed by atoms with Gasteiger partial charge in [0.15, 0.2) is 0 Å². The molecule has 2 aromatic rings. The van der Waals surface area contributed by atoms with Crippen molar-refractivity contribution in [2.45, 2.75) is 37.5 Å². The van der Waals surface area contributed by atoms with Crippen LogP contribution in [0.3, 0.4) is 0 Å². The third-order valence-corrected chi connectivity index (χ3v) is 6.31. The molecule has 30 heavy (non-hydrogen) atoms. The van der Waals surface area contributed by atoms with E-state index in [1.54, 1.807) is 0 Å². The zero-order valence-electron chi connectivity index (χ0n) is 16.4. The summed E-state index contributed by atoms with van der Waals surface area (Å²) in [7, 11) is 0. The summed E-state index contributed by atoms with van der Waals surface area (Å²) in [6.45, 7) is -0.118. The topological polar surface area (TPSA) is 75.6 Å². The number of fused-ring (bicyclic) bond motifs is 3. The lowest BCUT2D eigenvalue weighted by atomic mass is 9.72. The molecule has 7 heteroatoms. The number of carbonyl (C=O) groups excluding carboxylic acids is 1. The van der Waals surface area contributed by atoms with Crippen LogP contribution in [0.1, 0.15) is 42.7 Å². The number of aliphatic carboxylic acids is 1. The number of amides is 1. The zero-order chi connectivity index (χ0) is 21.4. The number of nitrogens with one attached hydrogen (secondary N) is 1. The van der Waals surface area contributed by atoms with E-state index >= 15 is 0 Å². The second-order valence-electron chi connectivity index (χ2n) is 8.12. The Bertz CT molecular complexity index is 920. The van der Waals surface area contributed by atoms with Crippen molar-refractivity contribution in [2.75, 3.05) is 13.2 Å². The van der Waals surface area contributed by atoms with Crippen molar-refractivity contribution in [1.82, 2.24) is 5.32 Å². The Morgan fingerprint density at radius 2 is 1.50 bits per heavy atom. The van der Waals surface area contributed by atoms with Crippen LogP contribution in [0, 0.1) is 5.41 Å². The number of alkyl halides is 2. The first-order valence-corrected chi connectivity index (χ1v) is 10.0. The van der Waals surface area contributed by atoms with Gasteiger partial charge in [-0.05, 0) is 35.1 Å². The summed E-state index contributed by atoms with van der Waals surface area (Å²) in [6, 6.07) is 15.9. The van der Waals surface area contributed by atoms with Crippen LogP contribution in [0.5, 0.6) is 0 Å². The molecule has 0 saturated heterocycles. The Kier molecular flexibility index (Phi) is 5.22. The maximum Gasteiger partial charge on any atom is 0.407 e. The standard InChI is InChI=1S/C23H23F2NO4/c24-23(25)11-9-22(10-12-23,20(27)28)14-26-21(29)30-13-19-17-7-3-1-5-15(17)16-6-2-4-8-18(16)19/h1-8,19H,9-14H2,(H,26,29)(H,27,28). The lowest BCUT2D eigenvalue weighted by molar-refractivity contribution is -0.156. The molecule has 0 spiro atoms. The molecule has 0 bridgehead atoms. The molecule has 5 nitrogen and oxygen atoms in total. The average Bonchev–Trinajstić information content (AvgIpc) is 3.05. The van der Waals surface area contributed by atoms with Crippen LogP contribution in [-0.2, 0) is 9.53 Å². The Hall–Kier alpha value is -2.96. The molecule has 0 radical (unpaired) electrons. The zero-order valence-corrected chi connectivity index (χ0v) is 16.4. The van der Waals surface area contributed by atoms with Crippen LogP contribution in [0.25, 0.3) is 11.1 Å². The lowest BCUT2D eigenvalue weighted by Gasteiger charge is -2.36. The summed E-state index contributed by atoms with van der Waals surface area (Å²) in [5.74, 6) is -4.12. The van der Waals surface area contributed by atoms with E-state index in [2.05, 4.69) is 5.32 Å². The van der Waals surface area contributed by atoms with Gasteiger partial charge >= 0.3 is 12.1 Å². The Balaban J connectivity index is 1.39. The summed E-state index contributed by atoms with van der Waals surface area (Å²) >= 11 is 0. The van der Waals surface area contributed by atoms with Gasteiger partial charge in [0, 0.05) is 25.3 Å². The molecule has 4 rings (SSSR count). The normalized spacial score (nSPS) is 18.9. The molecule has 0 unspecified atom stereocenters. The number of alkyl carbamates (subject to hydrolysis) is 1. The molecule has 1 fully saturated rings. The number of halogens is 2. The number of carboxylic acid groups (broad SMARTS) is 1. The van der Waals surface area contributed by atoms with Crippen LogP contribution >= 0.6 is 0 Å². The molecule has 0 aliphatic heterocycles. The van der Waals surface area contributed by atoms with Gasteiger partial charge in [-0.15, -0.1) is 0 Å². The van der Waals surface area contributed by atoms with E-state index in [9.17, 15) is 23.5 Å². The van der Waals surface area contributed by atoms with Gasteiger partial charge in [-0.2, -0.15) is 0 Å². The highest BCUT2D eigenvalue weighted by atomic mass is 19.3. The number of benzene rings is 2. The van der Waals surface area contributed by atoms with Gasteiger partial charge in [0.1, 0.15) is 6.61 Å². The maximum atomic E-state index is 13.4. The predicted octanol–water partition coefficient (Wildman–Crippen LogP) is 4.81. The molecule has 0 atom stereocenters. The van der Waals surface area contributed by atoms with E-state index in [4.69, 9.17) is 4.74 Å². The van der Waals surface area contributed by atoms with Crippen molar-refractivity contribution in [3.8, 4) is 11.1 Å². The number of carbonyl (C=O) groups is 2. The lowest BCUT2D eigenvalue weighted by Crippen LogP contribution is -2.47. The van der Waals surface area contributed by atoms with Gasteiger partial charge in [-0.3, -0.25) is 4.79 Å². The molecular formula is C23H23F2NO4. The largest absolute Gasteiger partial charge is 0.481 e. The summed E-state index contributed by atoms with van der Waals surface area (Å²) in [5.41, 5.74) is 2.98. The van der Waals surface area contributed by atoms with Crippen LogP contribution in [-0.4, -0.2) is 36.2 Å².